The fraction of sp³-hybridized carbons (Fsp3) is 0.182. The molecule has 3 aromatic rings. The van der Waals surface area contributed by atoms with Crippen LogP contribution in [0, 0.1) is 11.8 Å². The number of aromatic nitrogens is 1. The molecule has 2 aromatic carbocycles. The van der Waals surface area contributed by atoms with Gasteiger partial charge >= 0.3 is 0 Å². The normalized spacial score (nSPS) is 10.0. The van der Waals surface area contributed by atoms with Crippen molar-refractivity contribution >= 4 is 16.8 Å². The van der Waals surface area contributed by atoms with E-state index in [2.05, 4.69) is 22.1 Å². The van der Waals surface area contributed by atoms with Gasteiger partial charge in [0.15, 0.2) is 0 Å². The van der Waals surface area contributed by atoms with E-state index in [1.54, 1.807) is 6.20 Å². The summed E-state index contributed by atoms with van der Waals surface area (Å²) in [5.41, 5.74) is 2.05. The van der Waals surface area contributed by atoms with Crippen LogP contribution in [-0.4, -0.2) is 24.0 Å². The number of fused-ring (bicyclic) bond motifs is 1. The molecule has 0 aliphatic heterocycles. The predicted octanol–water partition coefficient (Wildman–Crippen LogP) is 3.37. The monoisotopic (exact) mass is 344 g/mol. The molecule has 1 amide bonds. The lowest BCUT2D eigenvalue weighted by Gasteiger charge is -2.03. The van der Waals surface area contributed by atoms with Gasteiger partial charge in [-0.2, -0.15) is 0 Å². The van der Waals surface area contributed by atoms with Gasteiger partial charge in [-0.15, -0.1) is 0 Å². The van der Waals surface area contributed by atoms with Gasteiger partial charge < -0.3 is 10.1 Å². The summed E-state index contributed by atoms with van der Waals surface area (Å²) in [5.74, 6) is 6.54. The number of hydrogen-bond donors (Lipinski definition) is 1. The number of aryl methyl sites for hydroxylation is 1. The van der Waals surface area contributed by atoms with Crippen molar-refractivity contribution in [3.63, 3.8) is 0 Å². The van der Waals surface area contributed by atoms with Crippen molar-refractivity contribution in [2.24, 2.45) is 0 Å². The van der Waals surface area contributed by atoms with Crippen LogP contribution in [-0.2, 0) is 11.2 Å². The van der Waals surface area contributed by atoms with E-state index in [0.29, 0.717) is 13.0 Å². The summed E-state index contributed by atoms with van der Waals surface area (Å²) in [6.45, 7) is 0.606. The molecule has 0 saturated carbocycles. The van der Waals surface area contributed by atoms with E-state index < -0.39 is 0 Å². The number of pyridine rings is 1. The first-order chi connectivity index (χ1) is 12.8. The van der Waals surface area contributed by atoms with E-state index in [1.165, 1.54) is 0 Å². The first-order valence-electron chi connectivity index (χ1n) is 8.55. The minimum Gasteiger partial charge on any atom is -0.481 e. The Morgan fingerprint density at radius 3 is 2.81 bits per heavy atom. The average Bonchev–Trinajstić information content (AvgIpc) is 2.69. The number of rotatable bonds is 6. The second kappa shape index (κ2) is 9.24. The number of carbonyl (C=O) groups excluding carboxylic acids is 1. The van der Waals surface area contributed by atoms with Gasteiger partial charge in [0.2, 0.25) is 5.91 Å². The van der Waals surface area contributed by atoms with Crippen LogP contribution in [0.5, 0.6) is 5.75 Å². The lowest BCUT2D eigenvalue weighted by molar-refractivity contribution is -0.120. The number of nitrogens with one attached hydrogen (secondary N) is 1. The van der Waals surface area contributed by atoms with Crippen LogP contribution >= 0.6 is 0 Å². The Morgan fingerprint density at radius 1 is 1.04 bits per heavy atom. The summed E-state index contributed by atoms with van der Waals surface area (Å²) in [6.07, 6.45) is 2.96. The molecule has 0 bridgehead atoms. The first-order valence-corrected chi connectivity index (χ1v) is 8.55. The number of ether oxygens (including phenoxy) is 1. The minimum absolute atomic E-state index is 0.00433. The Kier molecular flexibility index (Phi) is 6.22. The molecule has 0 atom stereocenters. The van der Waals surface area contributed by atoms with E-state index in [0.717, 1.165) is 28.6 Å². The van der Waals surface area contributed by atoms with Crippen molar-refractivity contribution in [3.8, 4) is 17.6 Å². The van der Waals surface area contributed by atoms with Gasteiger partial charge in [0, 0.05) is 24.1 Å². The highest BCUT2D eigenvalue weighted by Gasteiger charge is 2.00. The molecule has 4 nitrogen and oxygen atoms in total. The Labute approximate surface area is 153 Å². The molecule has 0 unspecified atom stereocenters. The van der Waals surface area contributed by atoms with Crippen molar-refractivity contribution in [3.05, 3.63) is 72.4 Å². The Balaban J connectivity index is 1.36. The SMILES string of the molecule is O=C(CCc1ccccc1)NCC#CCOc1ccc2cccnc2c1. The van der Waals surface area contributed by atoms with E-state index in [9.17, 15) is 4.79 Å². The van der Waals surface area contributed by atoms with Gasteiger partial charge in [0.05, 0.1) is 12.1 Å². The minimum atomic E-state index is 0.00433. The third-order valence-electron chi connectivity index (χ3n) is 3.87. The number of benzene rings is 2. The van der Waals surface area contributed by atoms with Crippen molar-refractivity contribution in [2.75, 3.05) is 13.2 Å². The smallest absolute Gasteiger partial charge is 0.221 e. The third kappa shape index (κ3) is 5.35. The van der Waals surface area contributed by atoms with Crippen LogP contribution in [0.25, 0.3) is 10.9 Å². The van der Waals surface area contributed by atoms with Crippen molar-refractivity contribution in [2.45, 2.75) is 12.8 Å². The molecule has 0 fully saturated rings. The standard InChI is InChI=1S/C22H20N2O2/c25-22(13-10-18-7-2-1-3-8-18)24-14-4-5-16-26-20-12-11-19-9-6-15-23-21(19)17-20/h1-3,6-9,11-12,15,17H,10,13-14,16H2,(H,24,25). The summed E-state index contributed by atoms with van der Waals surface area (Å²) in [7, 11) is 0. The van der Waals surface area contributed by atoms with Gasteiger partial charge in [-0.1, -0.05) is 48.2 Å². The second-order valence-corrected chi connectivity index (χ2v) is 5.76. The van der Waals surface area contributed by atoms with Crippen LogP contribution in [0.4, 0.5) is 0 Å². The maximum absolute atomic E-state index is 11.8. The van der Waals surface area contributed by atoms with Crippen LogP contribution in [0.1, 0.15) is 12.0 Å². The Morgan fingerprint density at radius 2 is 1.92 bits per heavy atom. The zero-order valence-corrected chi connectivity index (χ0v) is 14.4. The Hall–Kier alpha value is -3.32. The number of carbonyl (C=O) groups is 1. The maximum Gasteiger partial charge on any atom is 0.221 e. The number of hydrogen-bond acceptors (Lipinski definition) is 3. The van der Waals surface area contributed by atoms with Gasteiger partial charge in [-0.25, -0.2) is 0 Å². The van der Waals surface area contributed by atoms with Crippen molar-refractivity contribution < 1.29 is 9.53 Å². The molecular formula is C22H20N2O2. The molecule has 1 N–H and O–H groups in total. The lowest BCUT2D eigenvalue weighted by atomic mass is 10.1. The molecule has 0 saturated heterocycles. The molecule has 130 valence electrons. The summed E-state index contributed by atoms with van der Waals surface area (Å²) in [6, 6.07) is 19.6. The van der Waals surface area contributed by atoms with Crippen LogP contribution in [0.2, 0.25) is 0 Å². The van der Waals surface area contributed by atoms with Gasteiger partial charge in [0.1, 0.15) is 12.4 Å². The number of nitrogens with zero attached hydrogens (tertiary/aromatic N) is 1. The van der Waals surface area contributed by atoms with E-state index in [1.807, 2.05) is 60.7 Å². The summed E-state index contributed by atoms with van der Waals surface area (Å²) in [5, 5.41) is 3.87. The van der Waals surface area contributed by atoms with Crippen LogP contribution < -0.4 is 10.1 Å². The molecular weight excluding hydrogens is 324 g/mol. The van der Waals surface area contributed by atoms with Crippen LogP contribution in [0.3, 0.4) is 0 Å². The molecule has 0 aliphatic rings. The largest absolute Gasteiger partial charge is 0.481 e. The molecule has 1 heterocycles. The molecule has 4 heteroatoms. The highest BCUT2D eigenvalue weighted by Crippen LogP contribution is 2.18. The zero-order chi connectivity index (χ0) is 18.0. The van der Waals surface area contributed by atoms with E-state index >= 15 is 0 Å². The molecule has 0 spiro atoms. The van der Waals surface area contributed by atoms with Gasteiger partial charge in [0.25, 0.3) is 0 Å². The predicted molar refractivity (Wildman–Crippen MR) is 103 cm³/mol. The first kappa shape index (κ1) is 17.5. The second-order valence-electron chi connectivity index (χ2n) is 5.76. The topological polar surface area (TPSA) is 51.2 Å². The molecule has 3 rings (SSSR count). The van der Waals surface area contributed by atoms with E-state index in [-0.39, 0.29) is 12.5 Å². The summed E-state index contributed by atoms with van der Waals surface area (Å²) < 4.78 is 5.60. The van der Waals surface area contributed by atoms with E-state index in [4.69, 9.17) is 4.74 Å². The fourth-order valence-electron chi connectivity index (χ4n) is 2.50. The van der Waals surface area contributed by atoms with Crippen molar-refractivity contribution in [1.82, 2.24) is 10.3 Å². The average molecular weight is 344 g/mol. The zero-order valence-electron chi connectivity index (χ0n) is 14.4. The quantitative estimate of drug-likeness (QED) is 0.698. The fourth-order valence-corrected chi connectivity index (χ4v) is 2.50. The van der Waals surface area contributed by atoms with Gasteiger partial charge in [-0.3, -0.25) is 9.78 Å². The summed E-state index contributed by atoms with van der Waals surface area (Å²) >= 11 is 0. The molecule has 26 heavy (non-hydrogen) atoms. The van der Waals surface area contributed by atoms with Crippen LogP contribution in [0.15, 0.2) is 66.9 Å². The third-order valence-corrected chi connectivity index (χ3v) is 3.87. The number of amides is 1. The highest BCUT2D eigenvalue weighted by molar-refractivity contribution is 5.79. The molecule has 1 aromatic heterocycles. The maximum atomic E-state index is 11.8. The molecule has 0 radical (unpaired) electrons. The van der Waals surface area contributed by atoms with Crippen molar-refractivity contribution in [1.29, 1.82) is 0 Å². The molecule has 0 aliphatic carbocycles. The Bertz CT molecular complexity index is 927. The highest BCUT2D eigenvalue weighted by atomic mass is 16.5. The lowest BCUT2D eigenvalue weighted by Crippen LogP contribution is -2.23. The van der Waals surface area contributed by atoms with Gasteiger partial charge in [-0.05, 0) is 30.2 Å². The summed E-state index contributed by atoms with van der Waals surface area (Å²) in [4.78, 5) is 16.1.